The maximum Gasteiger partial charge on any atom is 0.0755 e. The monoisotopic (exact) mass is 260 g/mol. The van der Waals surface area contributed by atoms with Crippen molar-refractivity contribution in [3.63, 3.8) is 0 Å². The molecule has 2 fully saturated rings. The van der Waals surface area contributed by atoms with Crippen LogP contribution in [-0.2, 0) is 0 Å². The molecule has 2 aliphatic rings. The topological polar surface area (TPSA) is 41.1 Å². The van der Waals surface area contributed by atoms with Crippen LogP contribution in [0.4, 0.5) is 0 Å². The number of hydrogen-bond donors (Lipinski definition) is 1. The molecule has 3 heterocycles. The summed E-state index contributed by atoms with van der Waals surface area (Å²) < 4.78 is 0. The fourth-order valence-electron chi connectivity index (χ4n) is 3.63. The molecule has 0 bridgehead atoms. The lowest BCUT2D eigenvalue weighted by atomic mass is 9.92. The van der Waals surface area contributed by atoms with Crippen molar-refractivity contribution in [2.75, 3.05) is 13.1 Å². The van der Waals surface area contributed by atoms with Crippen LogP contribution in [0, 0.1) is 0 Å². The highest BCUT2D eigenvalue weighted by Gasteiger charge is 2.34. The molecular formula is C15H24N4. The van der Waals surface area contributed by atoms with Crippen molar-refractivity contribution >= 4 is 0 Å². The van der Waals surface area contributed by atoms with Crippen molar-refractivity contribution < 1.29 is 0 Å². The van der Waals surface area contributed by atoms with E-state index in [4.69, 9.17) is 0 Å². The molecule has 1 N–H and O–H groups in total. The highest BCUT2D eigenvalue weighted by atomic mass is 15.2. The average Bonchev–Trinajstić information content (AvgIpc) is 3.01. The van der Waals surface area contributed by atoms with Crippen LogP contribution in [-0.4, -0.2) is 40.0 Å². The van der Waals surface area contributed by atoms with Gasteiger partial charge in [0, 0.05) is 30.7 Å². The van der Waals surface area contributed by atoms with E-state index in [0.29, 0.717) is 18.1 Å². The van der Waals surface area contributed by atoms with Crippen LogP contribution in [0.15, 0.2) is 18.6 Å². The smallest absolute Gasteiger partial charge is 0.0755 e. The van der Waals surface area contributed by atoms with Gasteiger partial charge in [-0.25, -0.2) is 0 Å². The molecule has 0 saturated carbocycles. The Kier molecular flexibility index (Phi) is 4.09. The van der Waals surface area contributed by atoms with E-state index in [2.05, 4.69) is 27.1 Å². The van der Waals surface area contributed by atoms with Crippen LogP contribution in [0.2, 0.25) is 0 Å². The number of nitrogens with zero attached hydrogens (tertiary/aromatic N) is 3. The van der Waals surface area contributed by atoms with E-state index in [0.717, 1.165) is 5.69 Å². The highest BCUT2D eigenvalue weighted by molar-refractivity contribution is 5.04. The average molecular weight is 260 g/mol. The molecule has 2 saturated heterocycles. The molecule has 0 radical (unpaired) electrons. The Hall–Kier alpha value is -1.00. The van der Waals surface area contributed by atoms with Crippen molar-refractivity contribution in [2.45, 2.75) is 57.2 Å². The van der Waals surface area contributed by atoms with Crippen molar-refractivity contribution in [2.24, 2.45) is 0 Å². The molecular weight excluding hydrogens is 236 g/mol. The zero-order valence-electron chi connectivity index (χ0n) is 11.8. The summed E-state index contributed by atoms with van der Waals surface area (Å²) in [6.45, 7) is 4.66. The summed E-state index contributed by atoms with van der Waals surface area (Å²) in [6.07, 6.45) is 12.1. The Morgan fingerprint density at radius 3 is 2.95 bits per heavy atom. The first kappa shape index (κ1) is 13.0. The molecule has 4 nitrogen and oxygen atoms in total. The summed E-state index contributed by atoms with van der Waals surface area (Å²) in [6, 6.07) is 1.73. The van der Waals surface area contributed by atoms with E-state index >= 15 is 0 Å². The van der Waals surface area contributed by atoms with Gasteiger partial charge in [-0.15, -0.1) is 0 Å². The van der Waals surface area contributed by atoms with Gasteiger partial charge in [0.25, 0.3) is 0 Å². The summed E-state index contributed by atoms with van der Waals surface area (Å²) in [5, 5.41) is 3.68. The Morgan fingerprint density at radius 1 is 1.26 bits per heavy atom. The lowest BCUT2D eigenvalue weighted by Crippen LogP contribution is -2.51. The minimum Gasteiger partial charge on any atom is -0.312 e. The van der Waals surface area contributed by atoms with Crippen LogP contribution in [0.5, 0.6) is 0 Å². The van der Waals surface area contributed by atoms with E-state index in [1.54, 1.807) is 12.4 Å². The third kappa shape index (κ3) is 2.79. The number of nitrogens with one attached hydrogen (secondary N) is 1. The first-order chi connectivity index (χ1) is 9.36. The van der Waals surface area contributed by atoms with E-state index in [9.17, 15) is 0 Å². The molecule has 0 aliphatic carbocycles. The second-order valence-electron chi connectivity index (χ2n) is 5.81. The quantitative estimate of drug-likeness (QED) is 0.904. The number of likely N-dealkylation sites (tertiary alicyclic amines) is 1. The summed E-state index contributed by atoms with van der Waals surface area (Å²) in [7, 11) is 0. The maximum atomic E-state index is 4.49. The van der Waals surface area contributed by atoms with E-state index in [-0.39, 0.29) is 0 Å². The van der Waals surface area contributed by atoms with E-state index in [1.165, 1.54) is 45.2 Å². The summed E-state index contributed by atoms with van der Waals surface area (Å²) in [5.41, 5.74) is 1.10. The lowest BCUT2D eigenvalue weighted by Gasteiger charge is -2.42. The third-order valence-electron chi connectivity index (χ3n) is 4.66. The largest absolute Gasteiger partial charge is 0.312 e. The molecule has 1 aromatic rings. The van der Waals surface area contributed by atoms with Gasteiger partial charge < -0.3 is 5.32 Å². The second-order valence-corrected chi connectivity index (χ2v) is 5.81. The fraction of sp³-hybridized carbons (Fsp3) is 0.733. The normalized spacial score (nSPS) is 30.4. The standard InChI is InChI=1S/C15H24N4/c1-12(14-11-16-8-9-18-14)19-10-3-2-6-15(19)13-5-4-7-17-13/h8-9,11-13,15,17H,2-7,10H2,1H3. The number of rotatable bonds is 3. The molecule has 0 aromatic carbocycles. The van der Waals surface area contributed by atoms with Gasteiger partial charge in [0.05, 0.1) is 11.7 Å². The molecule has 0 amide bonds. The zero-order valence-corrected chi connectivity index (χ0v) is 11.8. The van der Waals surface area contributed by atoms with Gasteiger partial charge in [-0.05, 0) is 45.7 Å². The predicted molar refractivity (Wildman–Crippen MR) is 75.8 cm³/mol. The lowest BCUT2D eigenvalue weighted by molar-refractivity contribution is 0.0783. The molecule has 0 spiro atoms. The summed E-state index contributed by atoms with van der Waals surface area (Å²) >= 11 is 0. The minimum atomic E-state index is 0.376. The molecule has 3 atom stereocenters. The molecule has 104 valence electrons. The SMILES string of the molecule is CC(c1cnccn1)N1CCCCC1C1CCCN1. The van der Waals surface area contributed by atoms with Gasteiger partial charge in [0.2, 0.25) is 0 Å². The van der Waals surface area contributed by atoms with Crippen molar-refractivity contribution in [1.29, 1.82) is 0 Å². The first-order valence-corrected chi connectivity index (χ1v) is 7.61. The molecule has 2 aliphatic heterocycles. The Bertz CT molecular complexity index is 388. The minimum absolute atomic E-state index is 0.376. The van der Waals surface area contributed by atoms with Crippen molar-refractivity contribution in [3.05, 3.63) is 24.3 Å². The molecule has 19 heavy (non-hydrogen) atoms. The maximum absolute atomic E-state index is 4.49. The van der Waals surface area contributed by atoms with Crippen LogP contribution >= 0.6 is 0 Å². The Morgan fingerprint density at radius 2 is 2.21 bits per heavy atom. The fourth-order valence-corrected chi connectivity index (χ4v) is 3.63. The van der Waals surface area contributed by atoms with Gasteiger partial charge in [0.15, 0.2) is 0 Å². The summed E-state index contributed by atoms with van der Waals surface area (Å²) in [4.78, 5) is 11.4. The number of aromatic nitrogens is 2. The molecule has 3 rings (SSSR count). The first-order valence-electron chi connectivity index (χ1n) is 7.61. The van der Waals surface area contributed by atoms with Crippen molar-refractivity contribution in [1.82, 2.24) is 20.2 Å². The van der Waals surface area contributed by atoms with Gasteiger partial charge in [-0.2, -0.15) is 0 Å². The van der Waals surface area contributed by atoms with Crippen LogP contribution in [0.3, 0.4) is 0 Å². The molecule has 4 heteroatoms. The summed E-state index contributed by atoms with van der Waals surface area (Å²) in [5.74, 6) is 0. The van der Waals surface area contributed by atoms with Crippen molar-refractivity contribution in [3.8, 4) is 0 Å². The molecule has 3 unspecified atom stereocenters. The number of piperidine rings is 1. The Labute approximate surface area is 115 Å². The second kappa shape index (κ2) is 5.97. The molecule has 1 aromatic heterocycles. The van der Waals surface area contributed by atoms with Crippen LogP contribution < -0.4 is 5.32 Å². The Balaban J connectivity index is 1.76. The van der Waals surface area contributed by atoms with Gasteiger partial charge in [0.1, 0.15) is 0 Å². The van der Waals surface area contributed by atoms with Crippen LogP contribution in [0.1, 0.15) is 50.8 Å². The zero-order chi connectivity index (χ0) is 13.1. The van der Waals surface area contributed by atoms with E-state index < -0.39 is 0 Å². The predicted octanol–water partition coefficient (Wildman–Crippen LogP) is 2.14. The van der Waals surface area contributed by atoms with Crippen LogP contribution in [0.25, 0.3) is 0 Å². The van der Waals surface area contributed by atoms with Gasteiger partial charge in [-0.1, -0.05) is 6.42 Å². The van der Waals surface area contributed by atoms with E-state index in [1.807, 2.05) is 6.20 Å². The van der Waals surface area contributed by atoms with Gasteiger partial charge in [-0.3, -0.25) is 14.9 Å². The number of hydrogen-bond acceptors (Lipinski definition) is 4. The third-order valence-corrected chi connectivity index (χ3v) is 4.66. The van der Waals surface area contributed by atoms with Gasteiger partial charge >= 0.3 is 0 Å². The highest BCUT2D eigenvalue weighted by Crippen LogP contribution is 2.30.